The lowest BCUT2D eigenvalue weighted by atomic mass is 9.97. The Bertz CT molecular complexity index is 1610. The van der Waals surface area contributed by atoms with Crippen LogP contribution in [0.4, 0.5) is 4.79 Å². The van der Waals surface area contributed by atoms with Gasteiger partial charge in [0, 0.05) is 65.1 Å². The minimum absolute atomic E-state index is 0.0455. The van der Waals surface area contributed by atoms with Gasteiger partial charge in [-0.1, -0.05) is 18.2 Å². The number of carbonyl (C=O) groups is 3. The number of Topliss-reactive ketones (excluding diaryl/α,β-unsaturated/α-hetero) is 1. The largest absolute Gasteiger partial charge is 0.497 e. The van der Waals surface area contributed by atoms with Crippen LogP contribution in [0.25, 0.3) is 17.0 Å². The molecule has 1 aromatic carbocycles. The molecule has 3 aliphatic rings. The number of hydrogen-bond donors (Lipinski definition) is 3. The molecule has 2 aliphatic carbocycles. The van der Waals surface area contributed by atoms with E-state index in [0.29, 0.717) is 42.8 Å². The van der Waals surface area contributed by atoms with Crippen LogP contribution in [0.15, 0.2) is 71.3 Å². The molecule has 1 aliphatic heterocycles. The quantitative estimate of drug-likeness (QED) is 0.382. The van der Waals surface area contributed by atoms with E-state index in [9.17, 15) is 14.4 Å². The molecule has 3 N–H and O–H groups in total. The average Bonchev–Trinajstić information content (AvgIpc) is 3.44. The lowest BCUT2D eigenvalue weighted by Gasteiger charge is -2.20. The van der Waals surface area contributed by atoms with E-state index in [4.69, 9.17) is 9.47 Å². The summed E-state index contributed by atoms with van der Waals surface area (Å²) in [7, 11) is 5.48. The van der Waals surface area contributed by atoms with Crippen LogP contribution >= 0.6 is 0 Å². The number of methoxy groups -OCH3 is 1. The van der Waals surface area contributed by atoms with Gasteiger partial charge >= 0.3 is 6.03 Å². The van der Waals surface area contributed by atoms with Gasteiger partial charge in [0.05, 0.1) is 13.2 Å². The fourth-order valence-electron chi connectivity index (χ4n) is 5.58. The summed E-state index contributed by atoms with van der Waals surface area (Å²) >= 11 is 0. The van der Waals surface area contributed by atoms with E-state index in [0.717, 1.165) is 40.2 Å². The number of rotatable bonds is 9. The summed E-state index contributed by atoms with van der Waals surface area (Å²) in [5.41, 5.74) is 4.84. The van der Waals surface area contributed by atoms with Gasteiger partial charge in [0.1, 0.15) is 11.9 Å². The van der Waals surface area contributed by atoms with Gasteiger partial charge in [0.25, 0.3) is 0 Å². The lowest BCUT2D eigenvalue weighted by molar-refractivity contribution is -0.120. The molecular formula is C33H39N5O5. The van der Waals surface area contributed by atoms with Crippen molar-refractivity contribution in [3.05, 3.63) is 82.6 Å². The third-order valence-corrected chi connectivity index (χ3v) is 7.88. The number of hydrogen-bond acceptors (Lipinski definition) is 6. The predicted molar refractivity (Wildman–Crippen MR) is 166 cm³/mol. The number of ether oxygens (including phenoxy) is 2. The van der Waals surface area contributed by atoms with E-state index in [1.54, 1.807) is 19.3 Å². The number of aryl methyl sites for hydroxylation is 1. The van der Waals surface area contributed by atoms with E-state index in [2.05, 4.69) is 27.4 Å². The number of benzene rings is 1. The van der Waals surface area contributed by atoms with Crippen molar-refractivity contribution in [2.24, 2.45) is 0 Å². The lowest BCUT2D eigenvalue weighted by Crippen LogP contribution is -2.41. The molecule has 5 rings (SSSR count). The molecule has 10 heteroatoms. The molecule has 0 bridgehead atoms. The van der Waals surface area contributed by atoms with Crippen LogP contribution in [0.3, 0.4) is 0 Å². The molecule has 1 fully saturated rings. The van der Waals surface area contributed by atoms with Gasteiger partial charge in [-0.15, -0.1) is 0 Å². The van der Waals surface area contributed by atoms with Gasteiger partial charge in [0.15, 0.2) is 5.76 Å². The van der Waals surface area contributed by atoms with Crippen molar-refractivity contribution in [3.8, 4) is 5.75 Å². The number of urea groups is 1. The van der Waals surface area contributed by atoms with E-state index in [1.165, 1.54) is 0 Å². The van der Waals surface area contributed by atoms with Crippen molar-refractivity contribution in [2.45, 2.75) is 51.8 Å². The number of nitrogens with zero attached hydrogens (tertiary/aromatic N) is 2. The van der Waals surface area contributed by atoms with E-state index < -0.39 is 0 Å². The Labute approximate surface area is 251 Å². The third kappa shape index (κ3) is 6.59. The summed E-state index contributed by atoms with van der Waals surface area (Å²) in [6.07, 6.45) is 12.0. The minimum atomic E-state index is -0.389. The standard InChI is InChI=1S/C33H39N5O5/c1-6-38-20(2)25(26-18-24(42-5)12-13-28(26)38)19-30-32(40)27-17-23(11-14-29(27)43-30)36-33(41)35-22-9-7-21(8-10-22)34-31(39)15-16-37(3)4/h7-9,11-13,17-19,22,29H,6,10,14-16H2,1-5H3,(H,34,39)(H2,35,36,41)/b30-19-. The number of allylic oxidation sites excluding steroid dienone is 3. The Morgan fingerprint density at radius 1 is 1.16 bits per heavy atom. The fraction of sp³-hybridized carbons (Fsp3) is 0.364. The molecule has 0 radical (unpaired) electrons. The number of carbonyl (C=O) groups excluding carboxylic acids is 3. The van der Waals surface area contributed by atoms with Crippen LogP contribution in [0.2, 0.25) is 0 Å². The van der Waals surface area contributed by atoms with Crippen LogP contribution in [0.5, 0.6) is 5.75 Å². The van der Waals surface area contributed by atoms with Crippen LogP contribution in [-0.4, -0.2) is 67.1 Å². The molecule has 0 saturated carbocycles. The highest BCUT2D eigenvalue weighted by Crippen LogP contribution is 2.36. The topological polar surface area (TPSA) is 114 Å². The molecule has 3 amide bonds. The highest BCUT2D eigenvalue weighted by Gasteiger charge is 2.36. The molecular weight excluding hydrogens is 546 g/mol. The average molecular weight is 586 g/mol. The van der Waals surface area contributed by atoms with Gasteiger partial charge in [-0.3, -0.25) is 9.59 Å². The van der Waals surface area contributed by atoms with Gasteiger partial charge in [-0.05, 0) is 70.8 Å². The Morgan fingerprint density at radius 3 is 2.65 bits per heavy atom. The molecule has 1 saturated heterocycles. The Morgan fingerprint density at radius 2 is 1.95 bits per heavy atom. The highest BCUT2D eigenvalue weighted by atomic mass is 16.5. The van der Waals surface area contributed by atoms with Crippen molar-refractivity contribution in [1.29, 1.82) is 0 Å². The smallest absolute Gasteiger partial charge is 0.319 e. The molecule has 2 atom stereocenters. The maximum Gasteiger partial charge on any atom is 0.319 e. The second-order valence-electron chi connectivity index (χ2n) is 11.1. The molecule has 1 aromatic heterocycles. The maximum atomic E-state index is 13.4. The van der Waals surface area contributed by atoms with Crippen LogP contribution < -0.4 is 20.7 Å². The van der Waals surface area contributed by atoms with Crippen LogP contribution in [0.1, 0.15) is 37.4 Å². The summed E-state index contributed by atoms with van der Waals surface area (Å²) in [6, 6.07) is 5.36. The molecule has 0 spiro atoms. The van der Waals surface area contributed by atoms with Gasteiger partial charge in [-0.2, -0.15) is 0 Å². The van der Waals surface area contributed by atoms with Gasteiger partial charge in [-0.25, -0.2) is 4.79 Å². The van der Waals surface area contributed by atoms with Crippen molar-refractivity contribution in [1.82, 2.24) is 25.4 Å². The summed E-state index contributed by atoms with van der Waals surface area (Å²) < 4.78 is 13.8. The molecule has 2 heterocycles. The molecule has 2 aromatic rings. The number of nitrogens with one attached hydrogen (secondary N) is 3. The first kappa shape index (κ1) is 29.9. The molecule has 10 nitrogen and oxygen atoms in total. The van der Waals surface area contributed by atoms with Gasteiger partial charge in [0.2, 0.25) is 11.7 Å². The van der Waals surface area contributed by atoms with Crippen molar-refractivity contribution >= 4 is 34.7 Å². The summed E-state index contributed by atoms with van der Waals surface area (Å²) in [6.45, 7) is 5.60. The SMILES string of the molecule is CCn1c(C)c(/C=C2\OC3CC=C(NC(=O)NC4C=CC(NC(=O)CCN(C)C)=CC4)C=C3C2=O)c2cc(OC)ccc21. The first-order valence-corrected chi connectivity index (χ1v) is 14.6. The van der Waals surface area contributed by atoms with Crippen LogP contribution in [-0.2, 0) is 20.9 Å². The first-order chi connectivity index (χ1) is 20.7. The Balaban J connectivity index is 1.21. The van der Waals surface area contributed by atoms with E-state index in [-0.39, 0.29) is 29.9 Å². The fourth-order valence-corrected chi connectivity index (χ4v) is 5.58. The second kappa shape index (κ2) is 12.7. The highest BCUT2D eigenvalue weighted by molar-refractivity contribution is 6.13. The van der Waals surface area contributed by atoms with Crippen molar-refractivity contribution in [2.75, 3.05) is 27.7 Å². The van der Waals surface area contributed by atoms with Crippen LogP contribution in [0, 0.1) is 6.92 Å². The van der Waals surface area contributed by atoms with Crippen molar-refractivity contribution in [3.63, 3.8) is 0 Å². The maximum absolute atomic E-state index is 13.4. The molecule has 226 valence electrons. The zero-order valence-electron chi connectivity index (χ0n) is 25.3. The number of ketones is 1. The summed E-state index contributed by atoms with van der Waals surface area (Å²) in [5.74, 6) is 0.810. The Hall–Kier alpha value is -4.57. The van der Waals surface area contributed by atoms with E-state index >= 15 is 0 Å². The molecule has 43 heavy (non-hydrogen) atoms. The van der Waals surface area contributed by atoms with E-state index in [1.807, 2.05) is 68.4 Å². The normalized spacial score (nSPS) is 20.4. The minimum Gasteiger partial charge on any atom is -0.497 e. The first-order valence-electron chi connectivity index (χ1n) is 14.6. The zero-order chi connectivity index (χ0) is 30.7. The zero-order valence-corrected chi connectivity index (χ0v) is 25.3. The Kier molecular flexibility index (Phi) is 8.86. The third-order valence-electron chi connectivity index (χ3n) is 7.88. The predicted octanol–water partition coefficient (Wildman–Crippen LogP) is 4.08. The summed E-state index contributed by atoms with van der Waals surface area (Å²) in [4.78, 5) is 40.2. The van der Waals surface area contributed by atoms with Gasteiger partial charge < -0.3 is 34.9 Å². The number of fused-ring (bicyclic) bond motifs is 2. The second-order valence-corrected chi connectivity index (χ2v) is 11.1. The van der Waals surface area contributed by atoms with Crippen molar-refractivity contribution < 1.29 is 23.9 Å². The summed E-state index contributed by atoms with van der Waals surface area (Å²) in [5, 5.41) is 9.66. The molecule has 2 unspecified atom stereocenters. The number of amides is 3. The monoisotopic (exact) mass is 585 g/mol. The number of aromatic nitrogens is 1.